The maximum atomic E-state index is 12.0. The Morgan fingerprint density at radius 3 is 2.71 bits per heavy atom. The van der Waals surface area contributed by atoms with Crippen molar-refractivity contribution in [2.45, 2.75) is 51.5 Å². The summed E-state index contributed by atoms with van der Waals surface area (Å²) < 4.78 is 0. The van der Waals surface area contributed by atoms with E-state index in [9.17, 15) is 4.79 Å². The molecule has 1 aliphatic carbocycles. The molecule has 5 heteroatoms. The SMILES string of the molecule is C=CCNC(=O)c1cc(NC2CCCCCC2)nc(C)n1. The van der Waals surface area contributed by atoms with Crippen molar-refractivity contribution in [2.24, 2.45) is 0 Å². The highest BCUT2D eigenvalue weighted by Crippen LogP contribution is 2.20. The maximum absolute atomic E-state index is 12.0. The third-order valence-corrected chi connectivity index (χ3v) is 3.68. The van der Waals surface area contributed by atoms with Crippen LogP contribution in [-0.2, 0) is 0 Å². The number of carbonyl (C=O) groups excluding carboxylic acids is 1. The van der Waals surface area contributed by atoms with Crippen LogP contribution in [0.5, 0.6) is 0 Å². The predicted octanol–water partition coefficient (Wildman–Crippen LogP) is 2.84. The largest absolute Gasteiger partial charge is 0.367 e. The number of hydrogen-bond acceptors (Lipinski definition) is 4. The van der Waals surface area contributed by atoms with Crippen LogP contribution in [0.2, 0.25) is 0 Å². The molecule has 1 aromatic rings. The van der Waals surface area contributed by atoms with Gasteiger partial charge in [0, 0.05) is 18.7 Å². The number of hydrogen-bond donors (Lipinski definition) is 2. The minimum absolute atomic E-state index is 0.190. The molecule has 0 aromatic carbocycles. The normalized spacial score (nSPS) is 16.0. The maximum Gasteiger partial charge on any atom is 0.270 e. The number of aromatic nitrogens is 2. The van der Waals surface area contributed by atoms with Crippen LogP contribution in [0, 0.1) is 6.92 Å². The molecule has 5 nitrogen and oxygen atoms in total. The minimum atomic E-state index is -0.190. The first kappa shape index (κ1) is 15.5. The molecule has 0 atom stereocenters. The molecule has 0 bridgehead atoms. The zero-order valence-electron chi connectivity index (χ0n) is 12.7. The van der Waals surface area contributed by atoms with Gasteiger partial charge in [-0.3, -0.25) is 4.79 Å². The number of amides is 1. The van der Waals surface area contributed by atoms with Crippen molar-refractivity contribution in [2.75, 3.05) is 11.9 Å². The Morgan fingerprint density at radius 2 is 2.05 bits per heavy atom. The van der Waals surface area contributed by atoms with Crippen LogP contribution in [0.4, 0.5) is 5.82 Å². The lowest BCUT2D eigenvalue weighted by molar-refractivity contribution is 0.0952. The molecule has 1 saturated carbocycles. The summed E-state index contributed by atoms with van der Waals surface area (Å²) in [4.78, 5) is 20.6. The van der Waals surface area contributed by atoms with Crippen molar-refractivity contribution >= 4 is 11.7 Å². The summed E-state index contributed by atoms with van der Waals surface area (Å²) in [5, 5.41) is 6.20. The van der Waals surface area contributed by atoms with E-state index >= 15 is 0 Å². The van der Waals surface area contributed by atoms with E-state index in [1.54, 1.807) is 12.1 Å². The lowest BCUT2D eigenvalue weighted by Crippen LogP contribution is -2.25. The Balaban J connectivity index is 2.06. The average Bonchev–Trinajstić information content (AvgIpc) is 2.72. The predicted molar refractivity (Wildman–Crippen MR) is 84.4 cm³/mol. The molecular weight excluding hydrogens is 264 g/mol. The minimum Gasteiger partial charge on any atom is -0.367 e. The Bertz CT molecular complexity index is 493. The van der Waals surface area contributed by atoms with Crippen LogP contribution >= 0.6 is 0 Å². The molecule has 1 heterocycles. The fourth-order valence-corrected chi connectivity index (χ4v) is 2.65. The Labute approximate surface area is 126 Å². The van der Waals surface area contributed by atoms with Gasteiger partial charge in [-0.1, -0.05) is 31.8 Å². The molecule has 2 rings (SSSR count). The van der Waals surface area contributed by atoms with E-state index in [0.717, 1.165) is 5.82 Å². The van der Waals surface area contributed by atoms with Crippen molar-refractivity contribution in [1.29, 1.82) is 0 Å². The Morgan fingerprint density at radius 1 is 1.33 bits per heavy atom. The first-order chi connectivity index (χ1) is 10.2. The average molecular weight is 288 g/mol. The lowest BCUT2D eigenvalue weighted by atomic mass is 10.1. The molecule has 1 amide bonds. The van der Waals surface area contributed by atoms with Crippen molar-refractivity contribution < 1.29 is 4.79 Å². The van der Waals surface area contributed by atoms with Gasteiger partial charge in [-0.15, -0.1) is 6.58 Å². The van der Waals surface area contributed by atoms with E-state index in [-0.39, 0.29) is 5.91 Å². The molecule has 0 radical (unpaired) electrons. The van der Waals surface area contributed by atoms with Gasteiger partial charge in [-0.2, -0.15) is 0 Å². The Kier molecular flexibility index (Phi) is 5.72. The van der Waals surface area contributed by atoms with Crippen molar-refractivity contribution in [3.8, 4) is 0 Å². The van der Waals surface area contributed by atoms with E-state index in [2.05, 4.69) is 27.2 Å². The van der Waals surface area contributed by atoms with Gasteiger partial charge >= 0.3 is 0 Å². The van der Waals surface area contributed by atoms with E-state index < -0.39 is 0 Å². The molecular formula is C16H24N4O. The second-order valence-corrected chi connectivity index (χ2v) is 5.52. The number of rotatable bonds is 5. The van der Waals surface area contributed by atoms with Crippen LogP contribution in [0.3, 0.4) is 0 Å². The monoisotopic (exact) mass is 288 g/mol. The summed E-state index contributed by atoms with van der Waals surface area (Å²) in [5.41, 5.74) is 0.403. The molecule has 114 valence electrons. The summed E-state index contributed by atoms with van der Waals surface area (Å²) in [6.07, 6.45) is 9.13. The second-order valence-electron chi connectivity index (χ2n) is 5.52. The van der Waals surface area contributed by atoms with Crippen LogP contribution in [-0.4, -0.2) is 28.5 Å². The van der Waals surface area contributed by atoms with E-state index in [1.807, 2.05) is 6.92 Å². The first-order valence-corrected chi connectivity index (χ1v) is 7.70. The lowest BCUT2D eigenvalue weighted by Gasteiger charge is -2.17. The second kappa shape index (κ2) is 7.76. The number of nitrogens with zero attached hydrogens (tertiary/aromatic N) is 2. The van der Waals surface area contributed by atoms with E-state index in [4.69, 9.17) is 0 Å². The summed E-state index contributed by atoms with van der Waals surface area (Å²) >= 11 is 0. The summed E-state index contributed by atoms with van der Waals surface area (Å²) in [5.74, 6) is 1.17. The van der Waals surface area contributed by atoms with Crippen molar-refractivity contribution in [3.63, 3.8) is 0 Å². The highest BCUT2D eigenvalue weighted by atomic mass is 16.1. The topological polar surface area (TPSA) is 66.9 Å². The van der Waals surface area contributed by atoms with Gasteiger partial charge in [0.05, 0.1) is 0 Å². The zero-order valence-corrected chi connectivity index (χ0v) is 12.7. The summed E-state index contributed by atoms with van der Waals surface area (Å²) in [6.45, 7) is 5.83. The standard InChI is InChI=1S/C16H24N4O/c1-3-10-17-16(21)14-11-15(19-12(2)18-14)20-13-8-6-4-5-7-9-13/h3,11,13H,1,4-10H2,2H3,(H,17,21)(H,18,19,20). The number of aryl methyl sites for hydroxylation is 1. The first-order valence-electron chi connectivity index (χ1n) is 7.70. The molecule has 1 aliphatic rings. The third kappa shape index (κ3) is 4.85. The van der Waals surface area contributed by atoms with Crippen LogP contribution in [0.15, 0.2) is 18.7 Å². The van der Waals surface area contributed by atoms with Crippen molar-refractivity contribution in [1.82, 2.24) is 15.3 Å². The van der Waals surface area contributed by atoms with Gasteiger partial charge in [0.25, 0.3) is 5.91 Å². The highest BCUT2D eigenvalue weighted by molar-refractivity contribution is 5.93. The zero-order chi connectivity index (χ0) is 15.1. The molecule has 0 unspecified atom stereocenters. The molecule has 0 saturated heterocycles. The molecule has 1 aromatic heterocycles. The van der Waals surface area contributed by atoms with Gasteiger partial charge in [-0.25, -0.2) is 9.97 Å². The van der Waals surface area contributed by atoms with Gasteiger partial charge in [-0.05, 0) is 19.8 Å². The van der Waals surface area contributed by atoms with E-state index in [1.165, 1.54) is 38.5 Å². The third-order valence-electron chi connectivity index (χ3n) is 3.68. The fraction of sp³-hybridized carbons (Fsp3) is 0.562. The summed E-state index contributed by atoms with van der Waals surface area (Å²) in [6, 6.07) is 2.18. The molecule has 1 fully saturated rings. The van der Waals surface area contributed by atoms with Gasteiger partial charge in [0.1, 0.15) is 17.3 Å². The quantitative estimate of drug-likeness (QED) is 0.646. The molecule has 0 spiro atoms. The number of carbonyl (C=O) groups is 1. The molecule has 2 N–H and O–H groups in total. The van der Waals surface area contributed by atoms with Gasteiger partial charge in [0.15, 0.2) is 0 Å². The number of nitrogens with one attached hydrogen (secondary N) is 2. The van der Waals surface area contributed by atoms with E-state index in [0.29, 0.717) is 24.1 Å². The smallest absolute Gasteiger partial charge is 0.270 e. The highest BCUT2D eigenvalue weighted by Gasteiger charge is 2.15. The van der Waals surface area contributed by atoms with Crippen LogP contribution in [0.1, 0.15) is 54.8 Å². The van der Waals surface area contributed by atoms with Crippen LogP contribution < -0.4 is 10.6 Å². The summed E-state index contributed by atoms with van der Waals surface area (Å²) in [7, 11) is 0. The fourth-order valence-electron chi connectivity index (χ4n) is 2.65. The Hall–Kier alpha value is -1.91. The molecule has 21 heavy (non-hydrogen) atoms. The van der Waals surface area contributed by atoms with Crippen molar-refractivity contribution in [3.05, 3.63) is 30.2 Å². The number of anilines is 1. The van der Waals surface area contributed by atoms with Gasteiger partial charge < -0.3 is 10.6 Å². The van der Waals surface area contributed by atoms with Crippen LogP contribution in [0.25, 0.3) is 0 Å². The van der Waals surface area contributed by atoms with Gasteiger partial charge in [0.2, 0.25) is 0 Å². The molecule has 0 aliphatic heterocycles.